The molecular weight excluding hydrogens is 278 g/mol. The summed E-state index contributed by atoms with van der Waals surface area (Å²) in [6, 6.07) is 7.62. The lowest BCUT2D eigenvalue weighted by atomic mass is 10.1. The summed E-state index contributed by atoms with van der Waals surface area (Å²) in [6.45, 7) is 2.80. The van der Waals surface area contributed by atoms with Crippen LogP contribution in [0.2, 0.25) is 0 Å². The van der Waals surface area contributed by atoms with Crippen LogP contribution < -0.4 is 16.0 Å². The van der Waals surface area contributed by atoms with Crippen LogP contribution >= 0.6 is 12.4 Å². The van der Waals surface area contributed by atoms with Crippen molar-refractivity contribution >= 4 is 29.9 Å². The lowest BCUT2D eigenvalue weighted by Gasteiger charge is -2.06. The molecule has 1 rings (SSSR count). The van der Waals surface area contributed by atoms with E-state index in [1.165, 1.54) is 6.92 Å². The Hall–Kier alpha value is -1.59. The second kappa shape index (κ2) is 10.2. The molecule has 0 aliphatic heterocycles. The van der Waals surface area contributed by atoms with Gasteiger partial charge in [-0.25, -0.2) is 0 Å². The minimum atomic E-state index is -0.0791. The molecule has 0 heterocycles. The number of hydrogen-bond acceptors (Lipinski definition) is 3. The smallest absolute Gasteiger partial charge is 0.221 e. The fourth-order valence-corrected chi connectivity index (χ4v) is 1.63. The van der Waals surface area contributed by atoms with E-state index in [2.05, 4.69) is 16.0 Å². The predicted molar refractivity (Wildman–Crippen MR) is 83.3 cm³/mol. The molecule has 0 aliphatic rings. The lowest BCUT2D eigenvalue weighted by Crippen LogP contribution is -2.28. The largest absolute Gasteiger partial charge is 0.356 e. The van der Waals surface area contributed by atoms with Gasteiger partial charge in [0.15, 0.2) is 0 Å². The van der Waals surface area contributed by atoms with Gasteiger partial charge >= 0.3 is 0 Å². The highest BCUT2D eigenvalue weighted by Crippen LogP contribution is 2.09. The van der Waals surface area contributed by atoms with E-state index >= 15 is 0 Å². The molecule has 3 N–H and O–H groups in total. The van der Waals surface area contributed by atoms with Crippen molar-refractivity contribution in [2.24, 2.45) is 0 Å². The molecule has 0 unspecified atom stereocenters. The SMILES string of the molecule is CNCCC(=O)NCCc1ccc(NC(C)=O)cc1.Cl. The van der Waals surface area contributed by atoms with Crippen molar-refractivity contribution in [2.75, 3.05) is 25.5 Å². The molecule has 0 radical (unpaired) electrons. The van der Waals surface area contributed by atoms with E-state index in [-0.39, 0.29) is 24.2 Å². The van der Waals surface area contributed by atoms with Gasteiger partial charge in [0, 0.05) is 32.1 Å². The number of benzene rings is 1. The Balaban J connectivity index is 0.00000361. The molecule has 0 fully saturated rings. The standard InChI is InChI=1S/C14H21N3O2.ClH/c1-11(18)17-13-5-3-12(4-6-13)7-10-16-14(19)8-9-15-2;/h3-6,15H,7-10H2,1-2H3,(H,16,19)(H,17,18);1H. The van der Waals surface area contributed by atoms with Crippen LogP contribution in [-0.2, 0) is 16.0 Å². The molecule has 1 aromatic carbocycles. The topological polar surface area (TPSA) is 70.2 Å². The van der Waals surface area contributed by atoms with E-state index in [1.54, 1.807) is 0 Å². The molecular formula is C14H22ClN3O2. The first-order valence-electron chi connectivity index (χ1n) is 6.39. The summed E-state index contributed by atoms with van der Waals surface area (Å²) < 4.78 is 0. The van der Waals surface area contributed by atoms with E-state index in [1.807, 2.05) is 31.3 Å². The van der Waals surface area contributed by atoms with Crippen molar-refractivity contribution in [3.8, 4) is 0 Å². The lowest BCUT2D eigenvalue weighted by molar-refractivity contribution is -0.121. The molecule has 0 atom stereocenters. The van der Waals surface area contributed by atoms with Crippen LogP contribution in [0.15, 0.2) is 24.3 Å². The van der Waals surface area contributed by atoms with Crippen molar-refractivity contribution in [1.29, 1.82) is 0 Å². The van der Waals surface area contributed by atoms with Crippen molar-refractivity contribution in [3.05, 3.63) is 29.8 Å². The number of amides is 2. The molecule has 0 saturated carbocycles. The van der Waals surface area contributed by atoms with E-state index in [0.717, 1.165) is 17.7 Å². The van der Waals surface area contributed by atoms with Gasteiger partial charge in [-0.15, -0.1) is 12.4 Å². The average Bonchev–Trinajstić information content (AvgIpc) is 2.38. The summed E-state index contributed by atoms with van der Waals surface area (Å²) in [7, 11) is 1.82. The van der Waals surface area contributed by atoms with Gasteiger partial charge in [0.1, 0.15) is 0 Å². The van der Waals surface area contributed by atoms with Crippen LogP contribution in [0.5, 0.6) is 0 Å². The number of nitrogens with one attached hydrogen (secondary N) is 3. The normalized spacial score (nSPS) is 9.50. The first-order valence-corrected chi connectivity index (χ1v) is 6.39. The number of halogens is 1. The van der Waals surface area contributed by atoms with Gasteiger partial charge in [0.05, 0.1) is 0 Å². The number of hydrogen-bond donors (Lipinski definition) is 3. The maximum absolute atomic E-state index is 11.4. The van der Waals surface area contributed by atoms with Gasteiger partial charge in [-0.05, 0) is 31.2 Å². The minimum Gasteiger partial charge on any atom is -0.356 e. The highest BCUT2D eigenvalue weighted by Gasteiger charge is 2.00. The van der Waals surface area contributed by atoms with Crippen LogP contribution in [0, 0.1) is 0 Å². The van der Waals surface area contributed by atoms with Gasteiger partial charge in [-0.2, -0.15) is 0 Å². The molecule has 2 amide bonds. The number of carbonyl (C=O) groups excluding carboxylic acids is 2. The second-order valence-electron chi connectivity index (χ2n) is 4.33. The Morgan fingerprint density at radius 2 is 1.75 bits per heavy atom. The quantitative estimate of drug-likeness (QED) is 0.711. The highest BCUT2D eigenvalue weighted by molar-refractivity contribution is 5.88. The van der Waals surface area contributed by atoms with Gasteiger partial charge in [-0.3, -0.25) is 9.59 Å². The van der Waals surface area contributed by atoms with Crippen LogP contribution in [0.4, 0.5) is 5.69 Å². The van der Waals surface area contributed by atoms with Gasteiger partial charge in [-0.1, -0.05) is 12.1 Å². The van der Waals surface area contributed by atoms with Crippen molar-refractivity contribution in [1.82, 2.24) is 10.6 Å². The number of rotatable bonds is 7. The average molecular weight is 300 g/mol. The summed E-state index contributed by atoms with van der Waals surface area (Å²) in [5.74, 6) is -0.0197. The van der Waals surface area contributed by atoms with Crippen LogP contribution in [0.1, 0.15) is 18.9 Å². The molecule has 6 heteroatoms. The van der Waals surface area contributed by atoms with Crippen LogP contribution in [0.25, 0.3) is 0 Å². The van der Waals surface area contributed by atoms with E-state index < -0.39 is 0 Å². The third-order valence-electron chi connectivity index (χ3n) is 2.61. The van der Waals surface area contributed by atoms with Gasteiger partial charge in [0.25, 0.3) is 0 Å². The minimum absolute atomic E-state index is 0. The second-order valence-corrected chi connectivity index (χ2v) is 4.33. The summed E-state index contributed by atoms with van der Waals surface area (Å²) in [6.07, 6.45) is 1.28. The molecule has 1 aromatic rings. The summed E-state index contributed by atoms with van der Waals surface area (Å²) in [5, 5.41) is 8.51. The maximum Gasteiger partial charge on any atom is 0.221 e. The molecule has 112 valence electrons. The van der Waals surface area contributed by atoms with Crippen molar-refractivity contribution in [3.63, 3.8) is 0 Å². The molecule has 20 heavy (non-hydrogen) atoms. The molecule has 0 aromatic heterocycles. The monoisotopic (exact) mass is 299 g/mol. The van der Waals surface area contributed by atoms with Crippen molar-refractivity contribution < 1.29 is 9.59 Å². The predicted octanol–water partition coefficient (Wildman–Crippen LogP) is 1.33. The third kappa shape index (κ3) is 7.76. The Labute approximate surface area is 125 Å². The summed E-state index contributed by atoms with van der Waals surface area (Å²) in [4.78, 5) is 22.2. The fraction of sp³-hybridized carbons (Fsp3) is 0.429. The summed E-state index contributed by atoms with van der Waals surface area (Å²) in [5.41, 5.74) is 1.91. The first kappa shape index (κ1) is 18.4. The van der Waals surface area contributed by atoms with E-state index in [4.69, 9.17) is 0 Å². The van der Waals surface area contributed by atoms with E-state index in [0.29, 0.717) is 19.5 Å². The highest BCUT2D eigenvalue weighted by atomic mass is 35.5. The van der Waals surface area contributed by atoms with E-state index in [9.17, 15) is 9.59 Å². The zero-order chi connectivity index (χ0) is 14.1. The zero-order valence-corrected chi connectivity index (χ0v) is 12.7. The first-order chi connectivity index (χ1) is 9.11. The fourth-order valence-electron chi connectivity index (χ4n) is 1.63. The Bertz CT molecular complexity index is 421. The molecule has 0 saturated heterocycles. The number of carbonyl (C=O) groups is 2. The molecule has 0 aliphatic carbocycles. The molecule has 0 bridgehead atoms. The van der Waals surface area contributed by atoms with Crippen LogP contribution in [-0.4, -0.2) is 32.0 Å². The molecule has 0 spiro atoms. The zero-order valence-electron chi connectivity index (χ0n) is 11.9. The van der Waals surface area contributed by atoms with Gasteiger partial charge < -0.3 is 16.0 Å². The summed E-state index contributed by atoms with van der Waals surface area (Å²) >= 11 is 0. The Morgan fingerprint density at radius 3 is 2.30 bits per heavy atom. The van der Waals surface area contributed by atoms with Crippen molar-refractivity contribution in [2.45, 2.75) is 19.8 Å². The van der Waals surface area contributed by atoms with Gasteiger partial charge in [0.2, 0.25) is 11.8 Å². The Morgan fingerprint density at radius 1 is 1.10 bits per heavy atom. The third-order valence-corrected chi connectivity index (χ3v) is 2.61. The number of anilines is 1. The Kier molecular flexibility index (Phi) is 9.41. The van der Waals surface area contributed by atoms with Crippen LogP contribution in [0.3, 0.4) is 0 Å². The maximum atomic E-state index is 11.4. The molecule has 5 nitrogen and oxygen atoms in total.